The number of nitrogens with one attached hydrogen (secondary N) is 1. The summed E-state index contributed by atoms with van der Waals surface area (Å²) in [6.07, 6.45) is 4.10. The lowest BCUT2D eigenvalue weighted by Crippen LogP contribution is -2.03. The minimum Gasteiger partial charge on any atom is -0.362 e. The summed E-state index contributed by atoms with van der Waals surface area (Å²) in [5.74, 6) is 0.653. The third-order valence-corrected chi connectivity index (χ3v) is 9.01. The van der Waals surface area contributed by atoms with Crippen molar-refractivity contribution in [2.24, 2.45) is 0 Å². The van der Waals surface area contributed by atoms with Crippen LogP contribution in [0.1, 0.15) is 5.56 Å². The molecule has 2 heterocycles. The van der Waals surface area contributed by atoms with Crippen LogP contribution in [0.15, 0.2) is 170 Å². The third-order valence-electron chi connectivity index (χ3n) is 9.01. The highest BCUT2D eigenvalue weighted by Crippen LogP contribution is 2.36. The van der Waals surface area contributed by atoms with E-state index < -0.39 is 0 Å². The van der Waals surface area contributed by atoms with Crippen molar-refractivity contribution in [2.75, 3.05) is 5.32 Å². The van der Waals surface area contributed by atoms with Gasteiger partial charge in [0.1, 0.15) is 0 Å². The lowest BCUT2D eigenvalue weighted by Gasteiger charge is -2.12. The van der Waals surface area contributed by atoms with Gasteiger partial charge in [0.2, 0.25) is 5.95 Å². The zero-order valence-corrected chi connectivity index (χ0v) is 26.1. The SMILES string of the molecule is C(=C/c1ccc2c(c1)c1cc3ccccc3cc1n2-c1nc(-c2ccc(-c3ccccc3)cc2)c2ccccc2n1)/Nc1ccccc1. The Morgan fingerprint density at radius 1 is 0.479 bits per heavy atom. The fourth-order valence-electron chi connectivity index (χ4n) is 6.65. The minimum absolute atomic E-state index is 0.653. The highest BCUT2D eigenvalue weighted by molar-refractivity contribution is 6.14. The van der Waals surface area contributed by atoms with Gasteiger partial charge in [0.25, 0.3) is 0 Å². The Labute approximate surface area is 278 Å². The average molecular weight is 615 g/mol. The van der Waals surface area contributed by atoms with Crippen molar-refractivity contribution in [1.82, 2.24) is 14.5 Å². The summed E-state index contributed by atoms with van der Waals surface area (Å²) in [6, 6.07) is 57.3. The van der Waals surface area contributed by atoms with Crippen LogP contribution >= 0.6 is 0 Å². The molecule has 9 rings (SSSR count). The molecule has 0 saturated carbocycles. The molecular weight excluding hydrogens is 585 g/mol. The average Bonchev–Trinajstić information content (AvgIpc) is 3.46. The quantitative estimate of drug-likeness (QED) is 0.203. The van der Waals surface area contributed by atoms with Gasteiger partial charge < -0.3 is 5.32 Å². The predicted molar refractivity (Wildman–Crippen MR) is 201 cm³/mol. The third kappa shape index (κ3) is 4.97. The number of hydrogen-bond donors (Lipinski definition) is 1. The summed E-state index contributed by atoms with van der Waals surface area (Å²) in [7, 11) is 0. The van der Waals surface area contributed by atoms with Crippen LogP contribution in [0.2, 0.25) is 0 Å². The van der Waals surface area contributed by atoms with E-state index in [0.29, 0.717) is 5.95 Å². The lowest BCUT2D eigenvalue weighted by molar-refractivity contribution is 1.01. The smallest absolute Gasteiger partial charge is 0.235 e. The van der Waals surface area contributed by atoms with E-state index in [0.717, 1.165) is 49.8 Å². The molecular formula is C44H30N4. The maximum absolute atomic E-state index is 5.33. The zero-order chi connectivity index (χ0) is 31.9. The van der Waals surface area contributed by atoms with Gasteiger partial charge >= 0.3 is 0 Å². The summed E-state index contributed by atoms with van der Waals surface area (Å²) in [5.41, 5.74) is 9.55. The van der Waals surface area contributed by atoms with Gasteiger partial charge in [-0.15, -0.1) is 0 Å². The Morgan fingerprint density at radius 2 is 1.12 bits per heavy atom. The first-order valence-electron chi connectivity index (χ1n) is 16.2. The van der Waals surface area contributed by atoms with E-state index in [2.05, 4.69) is 149 Å². The summed E-state index contributed by atoms with van der Waals surface area (Å²) in [5, 5.41) is 9.11. The molecule has 0 aliphatic carbocycles. The number of para-hydroxylation sites is 2. The van der Waals surface area contributed by atoms with Gasteiger partial charge in [0, 0.05) is 33.6 Å². The molecule has 9 aromatic rings. The van der Waals surface area contributed by atoms with Gasteiger partial charge in [-0.3, -0.25) is 4.57 Å². The van der Waals surface area contributed by atoms with E-state index in [-0.39, 0.29) is 0 Å². The van der Waals surface area contributed by atoms with Crippen LogP contribution in [-0.4, -0.2) is 14.5 Å². The molecule has 0 aliphatic heterocycles. The molecule has 4 heteroatoms. The zero-order valence-electron chi connectivity index (χ0n) is 26.1. The van der Waals surface area contributed by atoms with Crippen LogP contribution in [0, 0.1) is 0 Å². The van der Waals surface area contributed by atoms with Crippen molar-refractivity contribution in [3.05, 3.63) is 176 Å². The van der Waals surface area contributed by atoms with Crippen LogP contribution in [0.5, 0.6) is 0 Å². The monoisotopic (exact) mass is 614 g/mol. The molecule has 226 valence electrons. The second kappa shape index (κ2) is 11.7. The Bertz CT molecular complexity index is 2620. The number of benzene rings is 7. The van der Waals surface area contributed by atoms with Crippen molar-refractivity contribution < 1.29 is 0 Å². The van der Waals surface area contributed by atoms with Crippen molar-refractivity contribution in [1.29, 1.82) is 0 Å². The van der Waals surface area contributed by atoms with Gasteiger partial charge in [-0.2, -0.15) is 0 Å². The molecule has 0 amide bonds. The maximum Gasteiger partial charge on any atom is 0.235 e. The molecule has 2 aromatic heterocycles. The first-order valence-corrected chi connectivity index (χ1v) is 16.2. The number of rotatable bonds is 6. The molecule has 0 atom stereocenters. The Kier molecular flexibility index (Phi) is 6.76. The summed E-state index contributed by atoms with van der Waals surface area (Å²) in [4.78, 5) is 10.5. The number of nitrogens with zero attached hydrogens (tertiary/aromatic N) is 3. The van der Waals surface area contributed by atoms with E-state index in [4.69, 9.17) is 9.97 Å². The second-order valence-corrected chi connectivity index (χ2v) is 12.0. The Balaban J connectivity index is 1.23. The van der Waals surface area contributed by atoms with Crippen molar-refractivity contribution in [3.63, 3.8) is 0 Å². The molecule has 0 saturated heterocycles. The fourth-order valence-corrected chi connectivity index (χ4v) is 6.65. The van der Waals surface area contributed by atoms with E-state index in [1.807, 2.05) is 36.5 Å². The van der Waals surface area contributed by atoms with Crippen LogP contribution in [0.4, 0.5) is 5.69 Å². The normalized spacial score (nSPS) is 11.7. The maximum atomic E-state index is 5.33. The summed E-state index contributed by atoms with van der Waals surface area (Å²) in [6.45, 7) is 0. The van der Waals surface area contributed by atoms with Gasteiger partial charge in [0.05, 0.1) is 22.2 Å². The van der Waals surface area contributed by atoms with Gasteiger partial charge in [-0.25, -0.2) is 9.97 Å². The molecule has 0 unspecified atom stereocenters. The Hall–Kier alpha value is -6.52. The Morgan fingerprint density at radius 3 is 1.94 bits per heavy atom. The predicted octanol–water partition coefficient (Wildman–Crippen LogP) is 11.3. The molecule has 0 spiro atoms. The standard InChI is InChI=1S/C44H30N4/c1-3-11-31(12-4-1)32-20-22-33(23-21-32)43-37-17-9-10-18-40(37)46-44(47-43)48-41-24-19-30(25-26-45-36-15-5-2-6-16-36)27-38(41)39-28-34-13-7-8-14-35(34)29-42(39)48/h1-29,45H/b26-25-. The molecule has 0 bridgehead atoms. The van der Waals surface area contributed by atoms with E-state index in [9.17, 15) is 0 Å². The van der Waals surface area contributed by atoms with Crippen molar-refractivity contribution in [3.8, 4) is 28.3 Å². The first-order chi connectivity index (χ1) is 23.8. The highest BCUT2D eigenvalue weighted by atomic mass is 15.2. The number of aromatic nitrogens is 3. The number of anilines is 1. The van der Waals surface area contributed by atoms with Crippen molar-refractivity contribution >= 4 is 55.2 Å². The fraction of sp³-hybridized carbons (Fsp3) is 0. The lowest BCUT2D eigenvalue weighted by atomic mass is 10.0. The molecule has 0 fully saturated rings. The van der Waals surface area contributed by atoms with E-state index >= 15 is 0 Å². The van der Waals surface area contributed by atoms with E-state index in [1.54, 1.807) is 0 Å². The summed E-state index contributed by atoms with van der Waals surface area (Å²) < 4.78 is 2.22. The van der Waals surface area contributed by atoms with Crippen LogP contribution in [0.3, 0.4) is 0 Å². The van der Waals surface area contributed by atoms with Crippen LogP contribution in [0.25, 0.3) is 77.9 Å². The molecule has 0 aliphatic rings. The van der Waals surface area contributed by atoms with E-state index in [1.165, 1.54) is 27.3 Å². The number of fused-ring (bicyclic) bond motifs is 5. The minimum atomic E-state index is 0.653. The van der Waals surface area contributed by atoms with Crippen LogP contribution in [-0.2, 0) is 0 Å². The molecule has 4 nitrogen and oxygen atoms in total. The van der Waals surface area contributed by atoms with Gasteiger partial charge in [0.15, 0.2) is 0 Å². The topological polar surface area (TPSA) is 42.7 Å². The van der Waals surface area contributed by atoms with Gasteiger partial charge in [-0.05, 0) is 76.0 Å². The largest absolute Gasteiger partial charge is 0.362 e. The number of hydrogen-bond acceptors (Lipinski definition) is 3. The highest BCUT2D eigenvalue weighted by Gasteiger charge is 2.18. The second-order valence-electron chi connectivity index (χ2n) is 12.0. The molecule has 7 aromatic carbocycles. The summed E-state index contributed by atoms with van der Waals surface area (Å²) >= 11 is 0. The molecule has 1 N–H and O–H groups in total. The molecule has 48 heavy (non-hydrogen) atoms. The van der Waals surface area contributed by atoms with Gasteiger partial charge in [-0.1, -0.05) is 121 Å². The first kappa shape index (κ1) is 27.8. The van der Waals surface area contributed by atoms with Crippen molar-refractivity contribution in [2.45, 2.75) is 0 Å². The van der Waals surface area contributed by atoms with Crippen LogP contribution < -0.4 is 5.32 Å². The molecule has 0 radical (unpaired) electrons.